The molecule has 1 aromatic carbocycles. The number of amides is 3. The van der Waals surface area contributed by atoms with E-state index in [1.165, 1.54) is 23.2 Å². The van der Waals surface area contributed by atoms with Gasteiger partial charge in [0.05, 0.1) is 16.8 Å². The quantitative estimate of drug-likeness (QED) is 0.570. The summed E-state index contributed by atoms with van der Waals surface area (Å²) in [5.41, 5.74) is -0.727. The average Bonchev–Trinajstić information content (AvgIpc) is 3.44. The minimum Gasteiger partial charge on any atom is -0.444 e. The number of carbonyl (C=O) groups is 2. The first-order valence-electron chi connectivity index (χ1n) is 11.8. The summed E-state index contributed by atoms with van der Waals surface area (Å²) in [6.45, 7) is 7.81. The smallest absolute Gasteiger partial charge is 0.417 e. The van der Waals surface area contributed by atoms with Crippen LogP contribution >= 0.6 is 11.6 Å². The maximum absolute atomic E-state index is 13.1. The van der Waals surface area contributed by atoms with Crippen LogP contribution in [0.5, 0.6) is 0 Å². The van der Waals surface area contributed by atoms with Crippen LogP contribution in [0.15, 0.2) is 24.4 Å². The van der Waals surface area contributed by atoms with Crippen molar-refractivity contribution in [2.75, 3.05) is 42.5 Å². The van der Waals surface area contributed by atoms with E-state index in [1.807, 2.05) is 4.90 Å². The Hall–Kier alpha value is -3.28. The molecule has 0 aliphatic carbocycles. The van der Waals surface area contributed by atoms with Crippen molar-refractivity contribution in [2.45, 2.75) is 39.0 Å². The monoisotopic (exact) mass is 540 g/mol. The zero-order valence-corrected chi connectivity index (χ0v) is 21.4. The predicted molar refractivity (Wildman–Crippen MR) is 133 cm³/mol. The van der Waals surface area contributed by atoms with Crippen molar-refractivity contribution in [1.82, 2.24) is 20.6 Å². The van der Waals surface area contributed by atoms with Crippen molar-refractivity contribution < 1.29 is 27.5 Å². The molecule has 9 nitrogen and oxygen atoms in total. The zero-order valence-electron chi connectivity index (χ0n) is 20.7. The molecule has 2 aliphatic heterocycles. The lowest BCUT2D eigenvalue weighted by Crippen LogP contribution is -2.36. The second kappa shape index (κ2) is 10.2. The van der Waals surface area contributed by atoms with Gasteiger partial charge in [-0.25, -0.2) is 19.6 Å². The number of urea groups is 1. The fraction of sp³-hybridized carbons (Fsp3) is 0.500. The Kier molecular flexibility index (Phi) is 7.40. The second-order valence-electron chi connectivity index (χ2n) is 9.96. The number of nitrogens with zero attached hydrogens (tertiary/aromatic N) is 4. The molecule has 0 bridgehead atoms. The maximum atomic E-state index is 13.1. The molecule has 2 aromatic rings. The molecule has 200 valence electrons. The van der Waals surface area contributed by atoms with Gasteiger partial charge < -0.3 is 20.3 Å². The number of halogens is 4. The summed E-state index contributed by atoms with van der Waals surface area (Å²) in [7, 11) is 0. The molecule has 1 aromatic heterocycles. The van der Waals surface area contributed by atoms with Crippen molar-refractivity contribution in [3.8, 4) is 11.4 Å². The normalized spacial score (nSPS) is 18.2. The lowest BCUT2D eigenvalue weighted by atomic mass is 10.1. The SMILES string of the molecule is CC(C)(C)OC(=O)NCC1CCN(c2nc(-c3ccc(C(F)(F)F)c(Cl)c3)ncc2N2CCNC2=O)C1. The van der Waals surface area contributed by atoms with Gasteiger partial charge in [0.1, 0.15) is 11.3 Å². The number of nitrogens with one attached hydrogen (secondary N) is 2. The van der Waals surface area contributed by atoms with Gasteiger partial charge in [0, 0.05) is 38.3 Å². The standard InChI is InChI=1S/C24H28ClF3N6O3/c1-23(2,3)37-22(36)31-11-14-6-8-33(13-14)20-18(34-9-7-29-21(34)35)12-30-19(32-20)15-4-5-16(17(25)10-15)24(26,27)28/h4-5,10,12,14H,6-9,11,13H2,1-3H3,(H,29,35)(H,31,36). The first-order valence-corrected chi connectivity index (χ1v) is 12.2. The van der Waals surface area contributed by atoms with E-state index >= 15 is 0 Å². The highest BCUT2D eigenvalue weighted by molar-refractivity contribution is 6.31. The summed E-state index contributed by atoms with van der Waals surface area (Å²) in [5, 5.41) is 5.09. The molecule has 37 heavy (non-hydrogen) atoms. The van der Waals surface area contributed by atoms with E-state index in [0.717, 1.165) is 12.5 Å². The third-order valence-corrected chi connectivity index (χ3v) is 6.26. The van der Waals surface area contributed by atoms with Crippen LogP contribution in [-0.2, 0) is 10.9 Å². The van der Waals surface area contributed by atoms with Gasteiger partial charge in [-0.15, -0.1) is 0 Å². The summed E-state index contributed by atoms with van der Waals surface area (Å²) >= 11 is 5.91. The van der Waals surface area contributed by atoms with Crippen LogP contribution < -0.4 is 20.4 Å². The van der Waals surface area contributed by atoms with Gasteiger partial charge in [0.25, 0.3) is 0 Å². The van der Waals surface area contributed by atoms with Gasteiger partial charge >= 0.3 is 18.3 Å². The Morgan fingerprint density at radius 3 is 2.65 bits per heavy atom. The molecule has 13 heteroatoms. The molecular weight excluding hydrogens is 513 g/mol. The van der Waals surface area contributed by atoms with Gasteiger partial charge in [-0.05, 0) is 45.2 Å². The van der Waals surface area contributed by atoms with Crippen LogP contribution in [0.25, 0.3) is 11.4 Å². The van der Waals surface area contributed by atoms with E-state index in [2.05, 4.69) is 20.6 Å². The van der Waals surface area contributed by atoms with E-state index in [1.54, 1.807) is 20.8 Å². The summed E-state index contributed by atoms with van der Waals surface area (Å²) in [4.78, 5) is 36.9. The molecule has 0 spiro atoms. The van der Waals surface area contributed by atoms with Crippen molar-refractivity contribution in [3.05, 3.63) is 35.0 Å². The molecule has 3 amide bonds. The number of carbonyl (C=O) groups excluding carboxylic acids is 2. The van der Waals surface area contributed by atoms with Crippen LogP contribution in [0, 0.1) is 5.92 Å². The van der Waals surface area contributed by atoms with Crippen molar-refractivity contribution in [1.29, 1.82) is 0 Å². The molecule has 0 radical (unpaired) electrons. The van der Waals surface area contributed by atoms with Gasteiger partial charge in [-0.3, -0.25) is 4.90 Å². The fourth-order valence-corrected chi connectivity index (χ4v) is 4.54. The molecule has 2 saturated heterocycles. The Morgan fingerprint density at radius 1 is 1.27 bits per heavy atom. The number of rotatable bonds is 5. The lowest BCUT2D eigenvalue weighted by molar-refractivity contribution is -0.137. The first kappa shape index (κ1) is 26.8. The average molecular weight is 541 g/mol. The zero-order chi connectivity index (χ0) is 27.0. The van der Waals surface area contributed by atoms with Crippen LogP contribution in [0.1, 0.15) is 32.8 Å². The van der Waals surface area contributed by atoms with Crippen molar-refractivity contribution >= 4 is 35.2 Å². The maximum Gasteiger partial charge on any atom is 0.417 e. The Morgan fingerprint density at radius 2 is 2.03 bits per heavy atom. The summed E-state index contributed by atoms with van der Waals surface area (Å²) < 4.78 is 44.7. The number of hydrogen-bond acceptors (Lipinski definition) is 6. The molecular formula is C24H28ClF3N6O3. The van der Waals surface area contributed by atoms with E-state index in [-0.39, 0.29) is 17.8 Å². The minimum atomic E-state index is -4.58. The van der Waals surface area contributed by atoms with Gasteiger partial charge in [-0.2, -0.15) is 13.2 Å². The van der Waals surface area contributed by atoms with E-state index in [4.69, 9.17) is 16.3 Å². The number of alkyl halides is 3. The number of hydrogen-bond donors (Lipinski definition) is 2. The molecule has 1 atom stereocenters. The molecule has 2 fully saturated rings. The van der Waals surface area contributed by atoms with Crippen LogP contribution in [-0.4, -0.2) is 60.4 Å². The van der Waals surface area contributed by atoms with E-state index < -0.39 is 28.5 Å². The Bertz CT molecular complexity index is 1190. The Balaban J connectivity index is 1.58. The topological polar surface area (TPSA) is 99.7 Å². The van der Waals surface area contributed by atoms with Gasteiger partial charge in [0.2, 0.25) is 0 Å². The third-order valence-electron chi connectivity index (χ3n) is 5.95. The predicted octanol–water partition coefficient (Wildman–Crippen LogP) is 4.70. The van der Waals surface area contributed by atoms with Crippen LogP contribution in [0.3, 0.4) is 0 Å². The number of anilines is 2. The largest absolute Gasteiger partial charge is 0.444 e. The third kappa shape index (κ3) is 6.35. The summed E-state index contributed by atoms with van der Waals surface area (Å²) in [5.74, 6) is 0.772. The number of alkyl carbamates (subject to hydrolysis) is 1. The summed E-state index contributed by atoms with van der Waals surface area (Å²) in [6.07, 6.45) is -2.82. The molecule has 0 saturated carbocycles. The Labute approximate surface area is 217 Å². The van der Waals surface area contributed by atoms with E-state index in [9.17, 15) is 22.8 Å². The highest BCUT2D eigenvalue weighted by Crippen LogP contribution is 2.38. The molecule has 1 unspecified atom stereocenters. The van der Waals surface area contributed by atoms with Crippen LogP contribution in [0.4, 0.5) is 34.3 Å². The minimum absolute atomic E-state index is 0.103. The van der Waals surface area contributed by atoms with Crippen molar-refractivity contribution in [2.24, 2.45) is 5.92 Å². The molecule has 2 aliphatic rings. The number of benzene rings is 1. The highest BCUT2D eigenvalue weighted by Gasteiger charge is 2.34. The lowest BCUT2D eigenvalue weighted by Gasteiger charge is -2.25. The first-order chi connectivity index (χ1) is 17.3. The highest BCUT2D eigenvalue weighted by atomic mass is 35.5. The second-order valence-corrected chi connectivity index (χ2v) is 10.4. The summed E-state index contributed by atoms with van der Waals surface area (Å²) in [6, 6.07) is 3.07. The fourth-order valence-electron chi connectivity index (χ4n) is 4.25. The van der Waals surface area contributed by atoms with Crippen molar-refractivity contribution in [3.63, 3.8) is 0 Å². The van der Waals surface area contributed by atoms with Crippen LogP contribution in [0.2, 0.25) is 5.02 Å². The molecule has 4 rings (SSSR count). The number of aromatic nitrogens is 2. The van der Waals surface area contributed by atoms with Gasteiger partial charge in [0.15, 0.2) is 11.6 Å². The van der Waals surface area contributed by atoms with Gasteiger partial charge in [-0.1, -0.05) is 17.7 Å². The molecule has 3 heterocycles. The van der Waals surface area contributed by atoms with E-state index in [0.29, 0.717) is 49.8 Å². The molecule has 2 N–H and O–H groups in total. The number of ether oxygens (including phenoxy) is 1.